The van der Waals surface area contributed by atoms with Gasteiger partial charge in [-0.3, -0.25) is 4.90 Å². The van der Waals surface area contributed by atoms with Crippen molar-refractivity contribution >= 4 is 0 Å². The van der Waals surface area contributed by atoms with Gasteiger partial charge in [0.1, 0.15) is 0 Å². The standard InChI is InChI=1S/C31H41N2O4/c1-33(2,3)19-17-29-14-15-31(35-5,36-6)28-30(29)16-18-32(21-22-10-8-7-9-11-22)25(29)20-23-12-13-24(34-4)27(37-28)26(23)30/h7-15,25,28H,16-21H2,1-6H3/q+1/t25-,28-,29-,30+/m1/s1. The highest BCUT2D eigenvalue weighted by Gasteiger charge is 2.75. The number of rotatable bonds is 8. The van der Waals surface area contributed by atoms with Crippen LogP contribution in [0.15, 0.2) is 54.6 Å². The van der Waals surface area contributed by atoms with Crippen molar-refractivity contribution in [2.45, 2.75) is 49.2 Å². The first-order valence-electron chi connectivity index (χ1n) is 13.5. The second kappa shape index (κ2) is 8.57. The number of likely N-dealkylation sites (tertiary alicyclic amines) is 1. The molecule has 4 atom stereocenters. The van der Waals surface area contributed by atoms with Crippen LogP contribution in [-0.2, 0) is 27.9 Å². The molecule has 0 saturated carbocycles. The van der Waals surface area contributed by atoms with Gasteiger partial charge in [0.25, 0.3) is 0 Å². The molecule has 2 heterocycles. The molecule has 2 aromatic rings. The van der Waals surface area contributed by atoms with Gasteiger partial charge < -0.3 is 23.4 Å². The molecule has 6 nitrogen and oxygen atoms in total. The third-order valence-electron chi connectivity index (χ3n) is 9.67. The SMILES string of the molecule is COc1ccc2c3c1O[C@H]1C(OC)(OC)C=C[C@@]4(CC[N+](C)(C)C)[C@@H](C2)N(Cc2ccccc2)CC[C@]314. The molecule has 4 aliphatic rings. The molecular weight excluding hydrogens is 464 g/mol. The van der Waals surface area contributed by atoms with Gasteiger partial charge in [-0.2, -0.15) is 0 Å². The molecule has 0 N–H and O–H groups in total. The fourth-order valence-electron chi connectivity index (χ4n) is 7.95. The van der Waals surface area contributed by atoms with Crippen LogP contribution in [0.25, 0.3) is 0 Å². The molecular formula is C31H41N2O4+. The lowest BCUT2D eigenvalue weighted by Gasteiger charge is -2.66. The molecule has 37 heavy (non-hydrogen) atoms. The van der Waals surface area contributed by atoms with Gasteiger partial charge in [0.2, 0.25) is 5.79 Å². The van der Waals surface area contributed by atoms with E-state index in [2.05, 4.69) is 80.7 Å². The van der Waals surface area contributed by atoms with Crippen LogP contribution in [-0.4, -0.2) is 82.9 Å². The molecule has 2 bridgehead atoms. The highest BCUT2D eigenvalue weighted by atomic mass is 16.7. The van der Waals surface area contributed by atoms with E-state index in [9.17, 15) is 0 Å². The summed E-state index contributed by atoms with van der Waals surface area (Å²) in [6, 6.07) is 15.6. The van der Waals surface area contributed by atoms with Crippen LogP contribution in [0.3, 0.4) is 0 Å². The van der Waals surface area contributed by atoms with E-state index in [4.69, 9.17) is 18.9 Å². The second-order valence-corrected chi connectivity index (χ2v) is 12.3. The number of ether oxygens (including phenoxy) is 4. The van der Waals surface area contributed by atoms with E-state index in [1.807, 2.05) is 0 Å². The van der Waals surface area contributed by atoms with Crippen LogP contribution in [0.1, 0.15) is 29.5 Å². The zero-order valence-electron chi connectivity index (χ0n) is 23.1. The Balaban J connectivity index is 1.58. The molecule has 2 aliphatic carbocycles. The van der Waals surface area contributed by atoms with Gasteiger partial charge >= 0.3 is 0 Å². The van der Waals surface area contributed by atoms with Gasteiger partial charge in [-0.15, -0.1) is 0 Å². The van der Waals surface area contributed by atoms with Gasteiger partial charge in [-0.05, 0) is 42.7 Å². The van der Waals surface area contributed by atoms with Crippen molar-refractivity contribution in [3.05, 3.63) is 71.3 Å². The second-order valence-electron chi connectivity index (χ2n) is 12.3. The normalized spacial score (nSPS) is 31.1. The topological polar surface area (TPSA) is 40.2 Å². The van der Waals surface area contributed by atoms with Crippen molar-refractivity contribution < 1.29 is 23.4 Å². The molecule has 0 aromatic heterocycles. The number of piperidine rings is 1. The fraction of sp³-hybridized carbons (Fsp3) is 0.548. The first-order chi connectivity index (χ1) is 17.7. The maximum Gasteiger partial charge on any atom is 0.226 e. The maximum absolute atomic E-state index is 6.96. The number of hydrogen-bond acceptors (Lipinski definition) is 5. The molecule has 0 radical (unpaired) electrons. The van der Waals surface area contributed by atoms with E-state index in [1.54, 1.807) is 21.3 Å². The summed E-state index contributed by atoms with van der Waals surface area (Å²) < 4.78 is 26.1. The summed E-state index contributed by atoms with van der Waals surface area (Å²) in [7, 11) is 12.1. The van der Waals surface area contributed by atoms with Crippen LogP contribution in [0.4, 0.5) is 0 Å². The summed E-state index contributed by atoms with van der Waals surface area (Å²) in [5.74, 6) is 0.733. The van der Waals surface area contributed by atoms with E-state index in [1.165, 1.54) is 16.7 Å². The van der Waals surface area contributed by atoms with Crippen LogP contribution in [0.5, 0.6) is 11.5 Å². The Morgan fingerprint density at radius 3 is 2.43 bits per heavy atom. The molecule has 2 aliphatic heterocycles. The molecule has 198 valence electrons. The third-order valence-corrected chi connectivity index (χ3v) is 9.67. The summed E-state index contributed by atoms with van der Waals surface area (Å²) in [6.45, 7) is 3.01. The molecule has 6 heteroatoms. The van der Waals surface area contributed by atoms with Crippen molar-refractivity contribution in [2.24, 2.45) is 5.41 Å². The smallest absolute Gasteiger partial charge is 0.226 e. The Morgan fingerprint density at radius 2 is 1.76 bits per heavy atom. The van der Waals surface area contributed by atoms with Gasteiger partial charge in [0.05, 0.1) is 40.2 Å². The van der Waals surface area contributed by atoms with E-state index in [0.717, 1.165) is 54.9 Å². The maximum atomic E-state index is 6.96. The minimum Gasteiger partial charge on any atom is -0.493 e. The third kappa shape index (κ3) is 3.39. The van der Waals surface area contributed by atoms with Crippen LogP contribution >= 0.6 is 0 Å². The Hall–Kier alpha value is -2.38. The highest BCUT2D eigenvalue weighted by Crippen LogP contribution is 2.70. The number of quaternary nitrogens is 1. The van der Waals surface area contributed by atoms with Crippen molar-refractivity contribution in [3.8, 4) is 11.5 Å². The quantitative estimate of drug-likeness (QED) is 0.306. The van der Waals surface area contributed by atoms with Crippen molar-refractivity contribution in [1.29, 1.82) is 0 Å². The van der Waals surface area contributed by atoms with Crippen molar-refractivity contribution in [1.82, 2.24) is 4.90 Å². The van der Waals surface area contributed by atoms with Crippen LogP contribution < -0.4 is 9.47 Å². The largest absolute Gasteiger partial charge is 0.493 e. The number of benzene rings is 2. The number of methoxy groups -OCH3 is 3. The monoisotopic (exact) mass is 505 g/mol. The van der Waals surface area contributed by atoms with Gasteiger partial charge in [0.15, 0.2) is 17.6 Å². The molecule has 1 spiro atoms. The first kappa shape index (κ1) is 24.9. The molecule has 0 unspecified atom stereocenters. The minimum absolute atomic E-state index is 0.124. The highest BCUT2D eigenvalue weighted by molar-refractivity contribution is 5.64. The number of nitrogens with zero attached hydrogens (tertiary/aromatic N) is 2. The lowest BCUT2D eigenvalue weighted by atomic mass is 9.43. The number of hydrogen-bond donors (Lipinski definition) is 0. The molecule has 1 fully saturated rings. The molecule has 1 saturated heterocycles. The van der Waals surface area contributed by atoms with E-state index in [-0.39, 0.29) is 16.9 Å². The van der Waals surface area contributed by atoms with Gasteiger partial charge in [0, 0.05) is 44.2 Å². The Bertz CT molecular complexity index is 1200. The van der Waals surface area contributed by atoms with Gasteiger partial charge in [-0.1, -0.05) is 42.5 Å². The van der Waals surface area contributed by atoms with Crippen molar-refractivity contribution in [3.63, 3.8) is 0 Å². The minimum atomic E-state index is -0.953. The average Bonchev–Trinajstić information content (AvgIpc) is 3.25. The summed E-state index contributed by atoms with van der Waals surface area (Å²) >= 11 is 0. The lowest BCUT2D eigenvalue weighted by Crippen LogP contribution is -2.74. The van der Waals surface area contributed by atoms with E-state index in [0.29, 0.717) is 6.04 Å². The van der Waals surface area contributed by atoms with Crippen molar-refractivity contribution in [2.75, 3.05) is 55.6 Å². The average molecular weight is 506 g/mol. The summed E-state index contributed by atoms with van der Waals surface area (Å²) in [5.41, 5.74) is 3.68. The molecule has 2 aromatic carbocycles. The van der Waals surface area contributed by atoms with E-state index >= 15 is 0 Å². The predicted octanol–water partition coefficient (Wildman–Crippen LogP) is 4.17. The lowest BCUT2D eigenvalue weighted by molar-refractivity contribution is -0.871. The summed E-state index contributed by atoms with van der Waals surface area (Å²) in [6.07, 6.45) is 7.36. The summed E-state index contributed by atoms with van der Waals surface area (Å²) in [5, 5.41) is 0. The van der Waals surface area contributed by atoms with Crippen LogP contribution in [0.2, 0.25) is 0 Å². The van der Waals surface area contributed by atoms with Gasteiger partial charge in [-0.25, -0.2) is 0 Å². The Kier molecular flexibility index (Phi) is 5.77. The molecule has 0 amide bonds. The fourth-order valence-corrected chi connectivity index (χ4v) is 7.95. The summed E-state index contributed by atoms with van der Waals surface area (Å²) in [4.78, 5) is 2.73. The molecule has 6 rings (SSSR count). The zero-order valence-corrected chi connectivity index (χ0v) is 23.1. The first-order valence-corrected chi connectivity index (χ1v) is 13.5. The zero-order chi connectivity index (χ0) is 26.1. The Labute approximate surface area is 221 Å². The van der Waals surface area contributed by atoms with Crippen LogP contribution in [0, 0.1) is 5.41 Å². The Morgan fingerprint density at radius 1 is 1.00 bits per heavy atom. The van der Waals surface area contributed by atoms with E-state index < -0.39 is 5.79 Å². The predicted molar refractivity (Wildman–Crippen MR) is 144 cm³/mol.